The van der Waals surface area contributed by atoms with Crippen LogP contribution in [0.1, 0.15) is 21.6 Å². The van der Waals surface area contributed by atoms with E-state index in [0.717, 1.165) is 38.7 Å². The molecule has 2 heterocycles. The predicted octanol–water partition coefficient (Wildman–Crippen LogP) is 4.29. The van der Waals surface area contributed by atoms with Crippen LogP contribution in [0.4, 0.5) is 16.2 Å². The molecule has 1 aromatic heterocycles. The molecule has 0 N–H and O–H groups in total. The molecule has 5 rings (SSSR count). The maximum Gasteiger partial charge on any atom is 0.419 e. The monoisotopic (exact) mass is 595 g/mol. The van der Waals surface area contributed by atoms with Crippen molar-refractivity contribution in [2.45, 2.75) is 17.9 Å². The van der Waals surface area contributed by atoms with Crippen LogP contribution in [-0.2, 0) is 32.5 Å². The highest BCUT2D eigenvalue weighted by Gasteiger charge is 2.39. The van der Waals surface area contributed by atoms with Crippen LogP contribution in [0.3, 0.4) is 0 Å². The van der Waals surface area contributed by atoms with Crippen LogP contribution in [0.25, 0.3) is 10.9 Å². The molecule has 0 saturated heterocycles. The van der Waals surface area contributed by atoms with Gasteiger partial charge in [0.1, 0.15) is 23.5 Å². The van der Waals surface area contributed by atoms with Crippen molar-refractivity contribution in [1.82, 2.24) is 4.57 Å². The Labute approximate surface area is 240 Å². The fourth-order valence-electron chi connectivity index (χ4n) is 5.00. The zero-order valence-corrected chi connectivity index (χ0v) is 23.5. The first-order valence-corrected chi connectivity index (χ1v) is 14.0. The van der Waals surface area contributed by atoms with E-state index in [-0.39, 0.29) is 58.6 Å². The lowest BCUT2D eigenvalue weighted by atomic mass is 10.1. The van der Waals surface area contributed by atoms with Gasteiger partial charge in [0.25, 0.3) is 15.7 Å². The van der Waals surface area contributed by atoms with Gasteiger partial charge in [-0.2, -0.15) is 0 Å². The topological polar surface area (TPSA) is 157 Å². The average Bonchev–Trinajstić information content (AvgIpc) is 3.62. The largest absolute Gasteiger partial charge is 0.491 e. The predicted molar refractivity (Wildman–Crippen MR) is 150 cm³/mol. The number of aromatic nitrogens is 1. The summed E-state index contributed by atoms with van der Waals surface area (Å²) in [4.78, 5) is 36.6. The number of hydrogen-bond acceptors (Lipinski definition) is 10. The molecule has 4 aromatic rings. The number of rotatable bonds is 8. The number of carbonyl (C=O) groups excluding carboxylic acids is 2. The zero-order valence-electron chi connectivity index (χ0n) is 22.7. The molecule has 0 fully saturated rings. The molecule has 0 spiro atoms. The molecule has 0 amide bonds. The second kappa shape index (κ2) is 11.0. The van der Waals surface area contributed by atoms with E-state index in [9.17, 15) is 28.1 Å². The Morgan fingerprint density at radius 1 is 0.976 bits per heavy atom. The smallest absolute Gasteiger partial charge is 0.419 e. The Balaban J connectivity index is 1.69. The highest BCUT2D eigenvalue weighted by molar-refractivity contribution is 7.92. The molecule has 42 heavy (non-hydrogen) atoms. The molecule has 14 heteroatoms. The molecule has 0 atom stereocenters. The van der Waals surface area contributed by atoms with Gasteiger partial charge in [0.05, 0.1) is 31.1 Å². The van der Waals surface area contributed by atoms with Crippen LogP contribution >= 0.6 is 0 Å². The SMILES string of the molecule is COC(=O)c1cc2c3c(c(OC)c(OC)c2n1C(=O)OCc1ccccc1)N(S(=O)(=O)c1ccc([N+](=O)[O-])cc1)CC3. The lowest BCUT2D eigenvalue weighted by molar-refractivity contribution is -0.384. The lowest BCUT2D eigenvalue weighted by Crippen LogP contribution is -2.29. The first-order chi connectivity index (χ1) is 20.1. The number of hydrogen-bond donors (Lipinski definition) is 0. The van der Waals surface area contributed by atoms with Crippen LogP contribution < -0.4 is 13.8 Å². The molecule has 3 aromatic carbocycles. The van der Waals surface area contributed by atoms with E-state index >= 15 is 0 Å². The number of ether oxygens (including phenoxy) is 4. The summed E-state index contributed by atoms with van der Waals surface area (Å²) in [5, 5.41) is 11.4. The number of nitro groups is 1. The molecule has 0 unspecified atom stereocenters. The van der Waals surface area contributed by atoms with Gasteiger partial charge in [-0.15, -0.1) is 0 Å². The number of anilines is 1. The Bertz CT molecular complexity index is 1820. The summed E-state index contributed by atoms with van der Waals surface area (Å²) in [7, 11) is -0.410. The summed E-state index contributed by atoms with van der Waals surface area (Å²) in [6.45, 7) is -0.0872. The van der Waals surface area contributed by atoms with Gasteiger partial charge >= 0.3 is 12.1 Å². The molecule has 218 valence electrons. The molecule has 0 bridgehead atoms. The van der Waals surface area contributed by atoms with Gasteiger partial charge in [0.2, 0.25) is 0 Å². The second-order valence-corrected chi connectivity index (χ2v) is 11.0. The number of benzene rings is 3. The molecule has 0 radical (unpaired) electrons. The fraction of sp³-hybridized carbons (Fsp3) is 0.214. The number of non-ortho nitro benzene ring substituents is 1. The maximum absolute atomic E-state index is 13.7. The first kappa shape index (κ1) is 28.4. The Morgan fingerprint density at radius 3 is 2.24 bits per heavy atom. The third-order valence-corrected chi connectivity index (χ3v) is 8.70. The van der Waals surface area contributed by atoms with Gasteiger partial charge in [-0.1, -0.05) is 30.3 Å². The maximum atomic E-state index is 13.7. The van der Waals surface area contributed by atoms with Crippen LogP contribution in [0.5, 0.6) is 11.5 Å². The van der Waals surface area contributed by atoms with Gasteiger partial charge < -0.3 is 18.9 Å². The molecule has 0 aliphatic carbocycles. The molecular weight excluding hydrogens is 570 g/mol. The average molecular weight is 596 g/mol. The highest BCUT2D eigenvalue weighted by atomic mass is 32.2. The number of nitro benzene ring substituents is 1. The van der Waals surface area contributed by atoms with Crippen molar-refractivity contribution in [3.8, 4) is 11.5 Å². The van der Waals surface area contributed by atoms with E-state index in [2.05, 4.69) is 0 Å². The van der Waals surface area contributed by atoms with Crippen LogP contribution in [0.2, 0.25) is 0 Å². The molecule has 1 aliphatic rings. The van der Waals surface area contributed by atoms with Gasteiger partial charge in [-0.3, -0.25) is 14.4 Å². The number of esters is 1. The highest BCUT2D eigenvalue weighted by Crippen LogP contribution is 2.52. The van der Waals surface area contributed by atoms with E-state index < -0.39 is 27.0 Å². The summed E-state index contributed by atoms with van der Waals surface area (Å²) in [5.74, 6) is -0.829. The molecule has 0 saturated carbocycles. The quantitative estimate of drug-likeness (QED) is 0.164. The molecular formula is C28H25N3O10S. The van der Waals surface area contributed by atoms with Crippen molar-refractivity contribution in [2.75, 3.05) is 32.2 Å². The van der Waals surface area contributed by atoms with E-state index in [1.165, 1.54) is 27.4 Å². The second-order valence-electron chi connectivity index (χ2n) is 9.13. The standard InChI is InChI=1S/C28H25N3O10S/c1-38-25-23-20(13-14-29(23)42(36,37)19-11-9-18(10-12-19)31(34)35)21-15-22(27(32)40-3)30(24(21)26(25)39-2)28(33)41-16-17-7-5-4-6-8-17/h4-12,15H,13-14,16H2,1-3H3. The summed E-state index contributed by atoms with van der Waals surface area (Å²) >= 11 is 0. The van der Waals surface area contributed by atoms with E-state index in [4.69, 9.17) is 18.9 Å². The van der Waals surface area contributed by atoms with Crippen molar-refractivity contribution < 1.29 is 41.9 Å². The summed E-state index contributed by atoms with van der Waals surface area (Å²) in [6.07, 6.45) is -0.690. The Morgan fingerprint density at radius 2 is 1.64 bits per heavy atom. The normalized spacial score (nSPS) is 12.6. The van der Waals surface area contributed by atoms with Gasteiger partial charge in [0.15, 0.2) is 11.5 Å². The van der Waals surface area contributed by atoms with Crippen LogP contribution in [0, 0.1) is 10.1 Å². The van der Waals surface area contributed by atoms with Crippen molar-refractivity contribution in [3.05, 3.63) is 87.6 Å². The first-order valence-electron chi connectivity index (χ1n) is 12.5. The third-order valence-electron chi connectivity index (χ3n) is 6.89. The van der Waals surface area contributed by atoms with Gasteiger partial charge in [-0.25, -0.2) is 22.6 Å². The van der Waals surface area contributed by atoms with Gasteiger partial charge in [0, 0.05) is 24.1 Å². The Hall–Kier alpha value is -5.11. The van der Waals surface area contributed by atoms with Gasteiger partial charge in [-0.05, 0) is 35.7 Å². The third kappa shape index (κ3) is 4.64. The number of sulfonamides is 1. The summed E-state index contributed by atoms with van der Waals surface area (Å²) < 4.78 is 51.4. The summed E-state index contributed by atoms with van der Waals surface area (Å²) in [6, 6.07) is 14.9. The molecule has 1 aliphatic heterocycles. The van der Waals surface area contributed by atoms with Crippen molar-refractivity contribution in [1.29, 1.82) is 0 Å². The van der Waals surface area contributed by atoms with Crippen LogP contribution in [0.15, 0.2) is 65.6 Å². The minimum atomic E-state index is -4.22. The van der Waals surface area contributed by atoms with Crippen LogP contribution in [-0.4, -0.2) is 57.8 Å². The van der Waals surface area contributed by atoms with Crippen molar-refractivity contribution >= 4 is 44.4 Å². The molecule has 13 nitrogen and oxygen atoms in total. The van der Waals surface area contributed by atoms with E-state index in [1.807, 2.05) is 6.07 Å². The van der Waals surface area contributed by atoms with E-state index in [0.29, 0.717) is 10.9 Å². The lowest BCUT2D eigenvalue weighted by Gasteiger charge is -2.23. The fourth-order valence-corrected chi connectivity index (χ4v) is 6.50. The summed E-state index contributed by atoms with van der Waals surface area (Å²) in [5.41, 5.74) is 1.09. The minimum Gasteiger partial charge on any atom is -0.491 e. The van der Waals surface area contributed by atoms with Crippen molar-refractivity contribution in [3.63, 3.8) is 0 Å². The number of nitrogens with zero attached hydrogens (tertiary/aromatic N) is 3. The number of fused-ring (bicyclic) bond motifs is 3. The number of carbonyl (C=O) groups is 2. The number of methoxy groups -OCH3 is 3. The zero-order chi connectivity index (χ0) is 30.2. The van der Waals surface area contributed by atoms with Crippen molar-refractivity contribution in [2.24, 2.45) is 0 Å². The van der Waals surface area contributed by atoms with E-state index in [1.54, 1.807) is 24.3 Å². The Kier molecular flexibility index (Phi) is 7.47. The minimum absolute atomic E-state index is 0.00890.